The van der Waals surface area contributed by atoms with Crippen LogP contribution in [0.15, 0.2) is 72.8 Å². The number of carbonyl (C=O) groups excluding carboxylic acids is 1. The normalized spacial score (nSPS) is 13.6. The first-order chi connectivity index (χ1) is 18.1. The molecule has 0 saturated carbocycles. The van der Waals surface area contributed by atoms with Crippen molar-refractivity contribution in [3.8, 4) is 17.2 Å². The zero-order valence-corrected chi connectivity index (χ0v) is 22.3. The molecule has 1 aliphatic heterocycles. The van der Waals surface area contributed by atoms with Gasteiger partial charge in [-0.2, -0.15) is 0 Å². The Morgan fingerprint density at radius 1 is 0.973 bits per heavy atom. The predicted molar refractivity (Wildman–Crippen MR) is 151 cm³/mol. The van der Waals surface area contributed by atoms with E-state index in [1.54, 1.807) is 31.4 Å². The fourth-order valence-corrected chi connectivity index (χ4v) is 4.82. The summed E-state index contributed by atoms with van der Waals surface area (Å²) in [5.41, 5.74) is 3.00. The van der Waals surface area contributed by atoms with Crippen LogP contribution in [0.2, 0.25) is 0 Å². The van der Waals surface area contributed by atoms with Crippen LogP contribution in [0, 0.1) is 5.92 Å². The summed E-state index contributed by atoms with van der Waals surface area (Å²) in [5, 5.41) is 2.82. The highest BCUT2D eigenvalue weighted by Crippen LogP contribution is 2.30. The zero-order valence-electron chi connectivity index (χ0n) is 21.4. The molecule has 1 aliphatic rings. The van der Waals surface area contributed by atoms with Gasteiger partial charge < -0.3 is 24.4 Å². The van der Waals surface area contributed by atoms with E-state index in [9.17, 15) is 4.79 Å². The number of benzene rings is 3. The summed E-state index contributed by atoms with van der Waals surface area (Å²) >= 11 is 5.85. The maximum Gasteiger partial charge on any atom is 0.262 e. The van der Waals surface area contributed by atoms with Crippen LogP contribution in [-0.4, -0.2) is 49.2 Å². The van der Waals surface area contributed by atoms with E-state index in [0.717, 1.165) is 48.7 Å². The molecule has 0 unspecified atom stereocenters. The molecule has 0 aliphatic carbocycles. The Kier molecular flexibility index (Phi) is 9.38. The third kappa shape index (κ3) is 7.46. The lowest BCUT2D eigenvalue weighted by atomic mass is 9.90. The SMILES string of the molecule is CCOc1cc(C(=S)N2CCC(Cc3ccccc3)CC2)ccc1OCC(=O)Nc1ccc(OC)cc1. The van der Waals surface area contributed by atoms with Crippen molar-refractivity contribution in [1.82, 2.24) is 4.90 Å². The fraction of sp³-hybridized carbons (Fsp3) is 0.333. The summed E-state index contributed by atoms with van der Waals surface area (Å²) < 4.78 is 16.8. The molecule has 4 rings (SSSR count). The molecule has 0 bridgehead atoms. The number of rotatable bonds is 10. The Hall–Kier alpha value is -3.58. The Balaban J connectivity index is 1.32. The van der Waals surface area contributed by atoms with Gasteiger partial charge in [-0.05, 0) is 80.1 Å². The van der Waals surface area contributed by atoms with Crippen molar-refractivity contribution in [2.45, 2.75) is 26.2 Å². The molecule has 0 aromatic heterocycles. The molecular formula is C30H34N2O4S. The van der Waals surface area contributed by atoms with Crippen LogP contribution in [0.3, 0.4) is 0 Å². The largest absolute Gasteiger partial charge is 0.497 e. The summed E-state index contributed by atoms with van der Waals surface area (Å²) in [6.07, 6.45) is 3.36. The number of likely N-dealkylation sites (tertiary alicyclic amines) is 1. The Morgan fingerprint density at radius 2 is 1.70 bits per heavy atom. The first-order valence-corrected chi connectivity index (χ1v) is 13.1. The highest BCUT2D eigenvalue weighted by atomic mass is 32.1. The van der Waals surface area contributed by atoms with E-state index in [-0.39, 0.29) is 12.5 Å². The number of anilines is 1. The number of nitrogens with zero attached hydrogens (tertiary/aromatic N) is 1. The van der Waals surface area contributed by atoms with Gasteiger partial charge >= 0.3 is 0 Å². The van der Waals surface area contributed by atoms with Gasteiger partial charge in [-0.15, -0.1) is 0 Å². The van der Waals surface area contributed by atoms with Gasteiger partial charge in [0.25, 0.3) is 5.91 Å². The molecule has 1 N–H and O–H groups in total. The second kappa shape index (κ2) is 13.1. The van der Waals surface area contributed by atoms with Crippen molar-refractivity contribution in [3.05, 3.63) is 83.9 Å². The monoisotopic (exact) mass is 518 g/mol. The van der Waals surface area contributed by atoms with Crippen molar-refractivity contribution >= 4 is 28.8 Å². The topological polar surface area (TPSA) is 60.0 Å². The maximum atomic E-state index is 12.4. The molecule has 3 aromatic rings. The van der Waals surface area contributed by atoms with Crippen molar-refractivity contribution in [2.75, 3.05) is 38.7 Å². The first-order valence-electron chi connectivity index (χ1n) is 12.7. The Labute approximate surface area is 224 Å². The minimum Gasteiger partial charge on any atom is -0.497 e. The van der Waals surface area contributed by atoms with Crippen LogP contribution in [0.1, 0.15) is 30.9 Å². The van der Waals surface area contributed by atoms with Gasteiger partial charge in [-0.3, -0.25) is 4.79 Å². The average molecular weight is 519 g/mol. The van der Waals surface area contributed by atoms with E-state index in [4.69, 9.17) is 26.4 Å². The Bertz CT molecular complexity index is 1180. The van der Waals surface area contributed by atoms with E-state index < -0.39 is 0 Å². The van der Waals surface area contributed by atoms with Gasteiger partial charge in [0.2, 0.25) is 0 Å². The first kappa shape index (κ1) is 26.5. The Morgan fingerprint density at radius 3 is 2.38 bits per heavy atom. The molecule has 0 radical (unpaired) electrons. The van der Waals surface area contributed by atoms with Gasteiger partial charge in [0.05, 0.1) is 13.7 Å². The number of thiocarbonyl (C=S) groups is 1. The predicted octanol–water partition coefficient (Wildman–Crippen LogP) is 5.74. The van der Waals surface area contributed by atoms with Crippen LogP contribution in [0.4, 0.5) is 5.69 Å². The smallest absolute Gasteiger partial charge is 0.262 e. The van der Waals surface area contributed by atoms with Gasteiger partial charge in [-0.1, -0.05) is 42.5 Å². The van der Waals surface area contributed by atoms with Crippen molar-refractivity contribution < 1.29 is 19.0 Å². The lowest BCUT2D eigenvalue weighted by molar-refractivity contribution is -0.118. The molecule has 6 nitrogen and oxygen atoms in total. The van der Waals surface area contributed by atoms with E-state index in [1.807, 2.05) is 25.1 Å². The van der Waals surface area contributed by atoms with E-state index in [1.165, 1.54) is 5.56 Å². The molecule has 3 aromatic carbocycles. The van der Waals surface area contributed by atoms with Crippen LogP contribution >= 0.6 is 12.2 Å². The number of methoxy groups -OCH3 is 1. The maximum absolute atomic E-state index is 12.4. The third-order valence-corrected chi connectivity index (χ3v) is 6.99. The molecule has 1 heterocycles. The van der Waals surface area contributed by atoms with Crippen molar-refractivity contribution in [1.29, 1.82) is 0 Å². The molecule has 0 spiro atoms. The number of nitrogens with one attached hydrogen (secondary N) is 1. The molecule has 0 atom stereocenters. The third-order valence-electron chi connectivity index (χ3n) is 6.49. The average Bonchev–Trinajstić information content (AvgIpc) is 2.93. The summed E-state index contributed by atoms with van der Waals surface area (Å²) in [5.74, 6) is 2.24. The molecule has 1 saturated heterocycles. The number of piperidine rings is 1. The molecule has 1 amide bonds. The van der Waals surface area contributed by atoms with E-state index in [2.05, 4.69) is 40.5 Å². The van der Waals surface area contributed by atoms with Gasteiger partial charge in [0.1, 0.15) is 10.7 Å². The van der Waals surface area contributed by atoms with Gasteiger partial charge in [0, 0.05) is 24.3 Å². The number of carbonyl (C=O) groups is 1. The van der Waals surface area contributed by atoms with E-state index in [0.29, 0.717) is 29.7 Å². The molecule has 194 valence electrons. The van der Waals surface area contributed by atoms with Crippen LogP contribution in [-0.2, 0) is 11.2 Å². The standard InChI is InChI=1S/C30H34N2O4S/c1-3-35-28-20-24(30(37)32-17-15-23(16-18-32)19-22-7-5-4-6-8-22)9-14-27(28)36-21-29(33)31-25-10-12-26(34-2)13-11-25/h4-14,20,23H,3,15-19,21H2,1-2H3,(H,31,33). The van der Waals surface area contributed by atoms with E-state index >= 15 is 0 Å². The van der Waals surface area contributed by atoms with Crippen LogP contribution in [0.5, 0.6) is 17.2 Å². The quantitative estimate of drug-likeness (QED) is 0.345. The summed E-state index contributed by atoms with van der Waals surface area (Å²) in [4.78, 5) is 15.5. The van der Waals surface area contributed by atoms with Crippen molar-refractivity contribution in [3.63, 3.8) is 0 Å². The van der Waals surface area contributed by atoms with Crippen LogP contribution < -0.4 is 19.5 Å². The highest BCUT2D eigenvalue weighted by Gasteiger charge is 2.22. The number of hydrogen-bond acceptors (Lipinski definition) is 5. The highest BCUT2D eigenvalue weighted by molar-refractivity contribution is 7.80. The van der Waals surface area contributed by atoms with Gasteiger partial charge in [0.15, 0.2) is 18.1 Å². The molecule has 37 heavy (non-hydrogen) atoms. The molecular weight excluding hydrogens is 484 g/mol. The minimum atomic E-state index is -0.259. The summed E-state index contributed by atoms with van der Waals surface area (Å²) in [6, 6.07) is 23.5. The second-order valence-electron chi connectivity index (χ2n) is 9.09. The van der Waals surface area contributed by atoms with Crippen LogP contribution in [0.25, 0.3) is 0 Å². The zero-order chi connectivity index (χ0) is 26.0. The number of amides is 1. The summed E-state index contributed by atoms with van der Waals surface area (Å²) in [6.45, 7) is 4.16. The molecule has 1 fully saturated rings. The second-order valence-corrected chi connectivity index (χ2v) is 9.47. The fourth-order valence-electron chi connectivity index (χ4n) is 4.51. The lowest BCUT2D eigenvalue weighted by Crippen LogP contribution is -2.38. The molecule has 7 heteroatoms. The summed E-state index contributed by atoms with van der Waals surface area (Å²) in [7, 11) is 1.60. The van der Waals surface area contributed by atoms with Crippen molar-refractivity contribution in [2.24, 2.45) is 5.92 Å². The van der Waals surface area contributed by atoms with Gasteiger partial charge in [-0.25, -0.2) is 0 Å². The lowest BCUT2D eigenvalue weighted by Gasteiger charge is -2.34. The minimum absolute atomic E-state index is 0.134. The number of ether oxygens (including phenoxy) is 3. The number of hydrogen-bond donors (Lipinski definition) is 1.